The van der Waals surface area contributed by atoms with Gasteiger partial charge in [-0.05, 0) is 43.9 Å². The van der Waals surface area contributed by atoms with Crippen LogP contribution in [-0.2, 0) is 38.1 Å². The average molecular weight is 599 g/mol. The lowest BCUT2D eigenvalue weighted by Gasteiger charge is -2.43. The van der Waals surface area contributed by atoms with E-state index in [1.54, 1.807) is 69.3 Å². The normalized spacial score (nSPS) is 32.5. The lowest BCUT2D eigenvalue weighted by molar-refractivity contribution is -0.195. The van der Waals surface area contributed by atoms with Crippen molar-refractivity contribution in [3.8, 4) is 0 Å². The van der Waals surface area contributed by atoms with E-state index in [-0.39, 0.29) is 24.2 Å². The predicted molar refractivity (Wildman–Crippen MR) is 155 cm³/mol. The Morgan fingerprint density at radius 2 is 1.56 bits per heavy atom. The lowest BCUT2D eigenvalue weighted by atomic mass is 9.75. The molecule has 0 saturated heterocycles. The predicted octanol–water partition coefficient (Wildman–Crippen LogP) is 4.14. The molecule has 0 radical (unpaired) electrons. The van der Waals surface area contributed by atoms with Crippen molar-refractivity contribution in [2.75, 3.05) is 6.61 Å². The molecule has 7 atom stereocenters. The van der Waals surface area contributed by atoms with E-state index < -0.39 is 77.6 Å². The van der Waals surface area contributed by atoms with Crippen molar-refractivity contribution < 1.29 is 48.0 Å². The van der Waals surface area contributed by atoms with Crippen LogP contribution in [0.15, 0.2) is 54.1 Å². The van der Waals surface area contributed by atoms with Gasteiger partial charge in [-0.15, -0.1) is 0 Å². The fourth-order valence-electron chi connectivity index (χ4n) is 6.11. The number of Topliss-reactive ketones (excluding diaryl/α,β-unsaturated/α-hetero) is 1. The number of ketones is 1. The van der Waals surface area contributed by atoms with Gasteiger partial charge in [-0.3, -0.25) is 19.2 Å². The minimum atomic E-state index is -1.56. The van der Waals surface area contributed by atoms with Crippen molar-refractivity contribution in [2.24, 2.45) is 23.2 Å². The Hall–Kier alpha value is -3.79. The quantitative estimate of drug-likeness (QED) is 0.288. The highest BCUT2D eigenvalue weighted by Crippen LogP contribution is 2.51. The van der Waals surface area contributed by atoms with E-state index in [1.165, 1.54) is 20.8 Å². The smallest absolute Gasteiger partial charge is 0.338 e. The molecule has 0 heterocycles. The highest BCUT2D eigenvalue weighted by Gasteiger charge is 2.62. The minimum Gasteiger partial charge on any atom is -0.458 e. The van der Waals surface area contributed by atoms with Crippen molar-refractivity contribution in [3.05, 3.63) is 59.7 Å². The monoisotopic (exact) mass is 598 g/mol. The third-order valence-electron chi connectivity index (χ3n) is 8.16. The molecule has 3 rings (SSSR count). The van der Waals surface area contributed by atoms with Crippen molar-refractivity contribution in [3.63, 3.8) is 0 Å². The molecule has 43 heavy (non-hydrogen) atoms. The van der Waals surface area contributed by atoms with Crippen LogP contribution in [0.3, 0.4) is 0 Å². The molecular formula is C33H42O10. The maximum absolute atomic E-state index is 13.5. The lowest BCUT2D eigenvalue weighted by Crippen LogP contribution is -2.55. The summed E-state index contributed by atoms with van der Waals surface area (Å²) in [6.45, 7) is 10.1. The molecule has 10 nitrogen and oxygen atoms in total. The van der Waals surface area contributed by atoms with Gasteiger partial charge in [-0.2, -0.15) is 0 Å². The molecule has 10 heteroatoms. The summed E-state index contributed by atoms with van der Waals surface area (Å²) in [5, 5.41) is 10.6. The average Bonchev–Trinajstić information content (AvgIpc) is 3.17. The van der Waals surface area contributed by atoms with Crippen LogP contribution in [0.2, 0.25) is 0 Å². The van der Waals surface area contributed by atoms with Gasteiger partial charge in [0.2, 0.25) is 0 Å². The topological polar surface area (TPSA) is 143 Å². The molecular weight excluding hydrogens is 556 g/mol. The first-order valence-electron chi connectivity index (χ1n) is 14.5. The van der Waals surface area contributed by atoms with Crippen LogP contribution in [-0.4, -0.2) is 65.3 Å². The maximum atomic E-state index is 13.5. The number of esters is 4. The van der Waals surface area contributed by atoms with Gasteiger partial charge in [0.1, 0.15) is 24.1 Å². The summed E-state index contributed by atoms with van der Waals surface area (Å²) in [4.78, 5) is 64.2. The third-order valence-corrected chi connectivity index (χ3v) is 8.16. The van der Waals surface area contributed by atoms with Gasteiger partial charge in [-0.25, -0.2) is 4.79 Å². The summed E-state index contributed by atoms with van der Waals surface area (Å²) in [5.74, 6) is -4.78. The number of rotatable bonds is 6. The first-order valence-corrected chi connectivity index (χ1v) is 14.5. The second-order valence-electron chi connectivity index (χ2n) is 12.1. The fourth-order valence-corrected chi connectivity index (χ4v) is 6.11. The van der Waals surface area contributed by atoms with E-state index in [0.29, 0.717) is 5.56 Å². The van der Waals surface area contributed by atoms with Crippen LogP contribution in [0, 0.1) is 23.2 Å². The molecule has 0 aromatic heterocycles. The van der Waals surface area contributed by atoms with Crippen LogP contribution < -0.4 is 0 Å². The van der Waals surface area contributed by atoms with E-state index in [2.05, 4.69) is 0 Å². The van der Waals surface area contributed by atoms with Crippen LogP contribution in [0.4, 0.5) is 0 Å². The van der Waals surface area contributed by atoms with E-state index in [0.717, 1.165) is 0 Å². The molecule has 2 aliphatic rings. The zero-order valence-electron chi connectivity index (χ0n) is 25.8. The summed E-state index contributed by atoms with van der Waals surface area (Å²) >= 11 is 0. The van der Waals surface area contributed by atoms with Gasteiger partial charge in [0.05, 0.1) is 18.1 Å². The standard InChI is InChI=1S/C33H42O10/c1-19-13-14-32(6,7)28(38)16-27(40-21(3)35)25(18-34)15-26-29(42-31(39)24-11-9-8-10-12-24)20(2)17-33(26,43-23(5)37)30(19)41-22(4)36/h8-15,19-20,26-27,29-30,34H,16-18H2,1-7H3/b14-13+,25-15+/t19-,20+,26-,27+,29-,30+,33+/m0/s1. The highest BCUT2D eigenvalue weighted by atomic mass is 16.6. The van der Waals surface area contributed by atoms with Crippen LogP contribution in [0.1, 0.15) is 71.7 Å². The van der Waals surface area contributed by atoms with Gasteiger partial charge in [0.25, 0.3) is 0 Å². The summed E-state index contributed by atoms with van der Waals surface area (Å²) in [6.07, 6.45) is 1.73. The zero-order valence-corrected chi connectivity index (χ0v) is 25.8. The molecule has 0 amide bonds. The summed E-state index contributed by atoms with van der Waals surface area (Å²) < 4.78 is 23.6. The second kappa shape index (κ2) is 13.7. The molecule has 1 saturated carbocycles. The number of fused-ring (bicyclic) bond motifs is 1. The number of ether oxygens (including phenoxy) is 4. The van der Waals surface area contributed by atoms with Crippen molar-refractivity contribution in [2.45, 2.75) is 85.2 Å². The Labute approximate surface area is 252 Å². The van der Waals surface area contributed by atoms with Crippen molar-refractivity contribution >= 4 is 29.7 Å². The third kappa shape index (κ3) is 7.79. The Balaban J connectivity index is 2.33. The zero-order chi connectivity index (χ0) is 32.1. The molecule has 2 aliphatic carbocycles. The Bertz CT molecular complexity index is 1280. The Morgan fingerprint density at radius 3 is 2.12 bits per heavy atom. The molecule has 234 valence electrons. The molecule has 0 spiro atoms. The van der Waals surface area contributed by atoms with E-state index in [9.17, 15) is 29.1 Å². The molecule has 1 aromatic carbocycles. The minimum absolute atomic E-state index is 0.135. The van der Waals surface area contributed by atoms with Gasteiger partial charge < -0.3 is 24.1 Å². The van der Waals surface area contributed by atoms with Crippen LogP contribution in [0.5, 0.6) is 0 Å². The van der Waals surface area contributed by atoms with Gasteiger partial charge in [0.15, 0.2) is 5.60 Å². The van der Waals surface area contributed by atoms with E-state index in [1.807, 2.05) is 6.92 Å². The van der Waals surface area contributed by atoms with E-state index in [4.69, 9.17) is 18.9 Å². The maximum Gasteiger partial charge on any atom is 0.338 e. The second-order valence-corrected chi connectivity index (χ2v) is 12.1. The first-order chi connectivity index (χ1) is 20.1. The SMILES string of the molecule is CC(=O)O[C@@H]1[C@@H](C)/C=C/C(C)(C)C(=O)C[C@@H](OC(C)=O)/C(CO)=C/[C@H]2[C@@H](OC(=O)c3ccccc3)[C@H](C)C[C@]12OC(C)=O. The molecule has 0 bridgehead atoms. The Kier molecular flexibility index (Phi) is 10.7. The van der Waals surface area contributed by atoms with Crippen LogP contribution >= 0.6 is 0 Å². The fraction of sp³-hybridized carbons (Fsp3) is 0.545. The Morgan fingerprint density at radius 1 is 0.930 bits per heavy atom. The number of hydrogen-bond acceptors (Lipinski definition) is 10. The van der Waals surface area contributed by atoms with Gasteiger partial charge >= 0.3 is 23.9 Å². The number of benzene rings is 1. The molecule has 0 aliphatic heterocycles. The van der Waals surface area contributed by atoms with Crippen LogP contribution in [0.25, 0.3) is 0 Å². The number of carbonyl (C=O) groups excluding carboxylic acids is 5. The molecule has 1 N–H and O–H groups in total. The van der Waals surface area contributed by atoms with Crippen molar-refractivity contribution in [1.82, 2.24) is 0 Å². The number of hydrogen-bond donors (Lipinski definition) is 1. The first kappa shape index (κ1) is 33.7. The number of carbonyl (C=O) groups is 5. The number of aliphatic hydroxyl groups excluding tert-OH is 1. The molecule has 1 fully saturated rings. The molecule has 0 unspecified atom stereocenters. The summed E-state index contributed by atoms with van der Waals surface area (Å²) in [6, 6.07) is 8.38. The molecule has 1 aromatic rings. The van der Waals surface area contributed by atoms with Gasteiger partial charge in [0, 0.05) is 38.5 Å². The van der Waals surface area contributed by atoms with E-state index >= 15 is 0 Å². The number of aliphatic hydroxyl groups is 1. The number of allylic oxidation sites excluding steroid dienone is 1. The summed E-state index contributed by atoms with van der Waals surface area (Å²) in [5.41, 5.74) is -2.11. The van der Waals surface area contributed by atoms with Gasteiger partial charge in [-0.1, -0.05) is 50.3 Å². The van der Waals surface area contributed by atoms with Crippen molar-refractivity contribution in [1.29, 1.82) is 0 Å². The summed E-state index contributed by atoms with van der Waals surface area (Å²) in [7, 11) is 0. The highest BCUT2D eigenvalue weighted by molar-refractivity contribution is 5.89. The largest absolute Gasteiger partial charge is 0.458 e.